The quantitative estimate of drug-likeness (QED) is 0.784. The summed E-state index contributed by atoms with van der Waals surface area (Å²) in [7, 11) is 0. The van der Waals surface area contributed by atoms with Gasteiger partial charge >= 0.3 is 0 Å². The summed E-state index contributed by atoms with van der Waals surface area (Å²) in [5.74, 6) is 1.27. The largest absolute Gasteiger partial charge is 0.495 e. The number of ether oxygens (including phenoxy) is 1. The van der Waals surface area contributed by atoms with Crippen molar-refractivity contribution in [1.82, 2.24) is 4.90 Å². The topological polar surface area (TPSA) is 32.7 Å². The highest BCUT2D eigenvalue weighted by atomic mass is 16.6. The van der Waals surface area contributed by atoms with Gasteiger partial charge < -0.3 is 14.7 Å². The van der Waals surface area contributed by atoms with Gasteiger partial charge in [0.2, 0.25) is 0 Å². The highest BCUT2D eigenvalue weighted by Gasteiger charge is 2.57. The fourth-order valence-corrected chi connectivity index (χ4v) is 3.04. The van der Waals surface area contributed by atoms with Gasteiger partial charge in [-0.15, -0.1) is 0 Å². The smallest absolute Gasteiger partial charge is 0.185 e. The fraction of sp³-hybridized carbons (Fsp3) is 0.846. The van der Waals surface area contributed by atoms with Crippen molar-refractivity contribution in [3.63, 3.8) is 0 Å². The number of aliphatic hydroxyl groups excluding tert-OH is 1. The average molecular weight is 225 g/mol. The van der Waals surface area contributed by atoms with E-state index in [4.69, 9.17) is 4.74 Å². The van der Waals surface area contributed by atoms with Gasteiger partial charge in [-0.05, 0) is 24.8 Å². The number of fused-ring (bicyclic) bond motifs is 1. The molecule has 0 spiro atoms. The van der Waals surface area contributed by atoms with E-state index in [2.05, 4.69) is 34.6 Å². The van der Waals surface area contributed by atoms with Crippen molar-refractivity contribution in [1.29, 1.82) is 0 Å². The molecule has 0 aromatic carbocycles. The van der Waals surface area contributed by atoms with Gasteiger partial charge in [-0.1, -0.05) is 27.7 Å². The fourth-order valence-electron chi connectivity index (χ4n) is 3.04. The van der Waals surface area contributed by atoms with Crippen LogP contribution in [0.5, 0.6) is 0 Å². The molecule has 0 amide bonds. The molecule has 3 nitrogen and oxygen atoms in total. The molecule has 3 heteroatoms. The molecule has 1 saturated heterocycles. The van der Waals surface area contributed by atoms with Crippen molar-refractivity contribution in [3.05, 3.63) is 12.0 Å². The SMILES string of the molecule is CC(C)C1(C(C)C)CN2C(O)=CCC2(C)O1. The Morgan fingerprint density at radius 2 is 1.88 bits per heavy atom. The first kappa shape index (κ1) is 11.8. The van der Waals surface area contributed by atoms with Crippen LogP contribution in [-0.4, -0.2) is 27.9 Å². The first-order valence-electron chi connectivity index (χ1n) is 6.19. The normalized spacial score (nSPS) is 32.4. The summed E-state index contributed by atoms with van der Waals surface area (Å²) in [6.45, 7) is 11.7. The number of nitrogens with zero attached hydrogens (tertiary/aromatic N) is 1. The maximum Gasteiger partial charge on any atom is 0.185 e. The second kappa shape index (κ2) is 3.39. The minimum atomic E-state index is -0.335. The molecule has 0 saturated carbocycles. The highest BCUT2D eigenvalue weighted by molar-refractivity contribution is 5.14. The molecule has 0 radical (unpaired) electrons. The van der Waals surface area contributed by atoms with E-state index >= 15 is 0 Å². The first-order chi connectivity index (χ1) is 7.32. The Morgan fingerprint density at radius 1 is 1.31 bits per heavy atom. The van der Waals surface area contributed by atoms with E-state index in [0.717, 1.165) is 13.0 Å². The number of hydrogen-bond donors (Lipinski definition) is 1. The monoisotopic (exact) mass is 225 g/mol. The zero-order chi connectivity index (χ0) is 12.1. The molecular formula is C13H23NO2. The van der Waals surface area contributed by atoms with Crippen molar-refractivity contribution in [3.8, 4) is 0 Å². The van der Waals surface area contributed by atoms with Crippen molar-refractivity contribution in [2.24, 2.45) is 11.8 Å². The Morgan fingerprint density at radius 3 is 2.31 bits per heavy atom. The van der Waals surface area contributed by atoms with Crippen LogP contribution in [0.4, 0.5) is 0 Å². The lowest BCUT2D eigenvalue weighted by atomic mass is 9.80. The van der Waals surface area contributed by atoms with Crippen molar-refractivity contribution < 1.29 is 9.84 Å². The van der Waals surface area contributed by atoms with Crippen molar-refractivity contribution >= 4 is 0 Å². The molecule has 92 valence electrons. The first-order valence-corrected chi connectivity index (χ1v) is 6.19. The molecule has 1 atom stereocenters. The summed E-state index contributed by atoms with van der Waals surface area (Å²) in [6, 6.07) is 0. The van der Waals surface area contributed by atoms with Crippen molar-refractivity contribution in [2.45, 2.75) is 52.4 Å². The predicted molar refractivity (Wildman–Crippen MR) is 63.9 cm³/mol. The van der Waals surface area contributed by atoms with Crippen LogP contribution in [0.25, 0.3) is 0 Å². The molecule has 1 unspecified atom stereocenters. The van der Waals surface area contributed by atoms with Crippen LogP contribution in [-0.2, 0) is 4.74 Å². The number of rotatable bonds is 2. The third-order valence-electron chi connectivity index (χ3n) is 4.28. The van der Waals surface area contributed by atoms with Crippen LogP contribution < -0.4 is 0 Å². The lowest BCUT2D eigenvalue weighted by Crippen LogP contribution is -2.45. The van der Waals surface area contributed by atoms with Gasteiger partial charge in [-0.25, -0.2) is 0 Å². The number of aliphatic hydroxyl groups is 1. The van der Waals surface area contributed by atoms with Gasteiger partial charge in [0.15, 0.2) is 5.88 Å². The predicted octanol–water partition coefficient (Wildman–Crippen LogP) is 2.89. The van der Waals surface area contributed by atoms with Gasteiger partial charge in [0.1, 0.15) is 5.72 Å². The molecule has 16 heavy (non-hydrogen) atoms. The van der Waals surface area contributed by atoms with Crippen LogP contribution in [0.1, 0.15) is 41.0 Å². The van der Waals surface area contributed by atoms with Gasteiger partial charge in [-0.2, -0.15) is 0 Å². The van der Waals surface area contributed by atoms with Crippen LogP contribution in [0.15, 0.2) is 12.0 Å². The molecule has 2 rings (SSSR count). The maximum absolute atomic E-state index is 9.87. The van der Waals surface area contributed by atoms with Crippen molar-refractivity contribution in [2.75, 3.05) is 6.54 Å². The Hall–Kier alpha value is -0.700. The van der Waals surface area contributed by atoms with E-state index in [1.807, 2.05) is 11.0 Å². The van der Waals surface area contributed by atoms with E-state index < -0.39 is 0 Å². The van der Waals surface area contributed by atoms with Crippen LogP contribution >= 0.6 is 0 Å². The summed E-state index contributed by atoms with van der Waals surface area (Å²) in [5.41, 5.74) is -0.477. The zero-order valence-electron chi connectivity index (χ0n) is 10.9. The Balaban J connectivity index is 2.32. The Kier molecular flexibility index (Phi) is 2.50. The Labute approximate surface area is 98.1 Å². The molecule has 0 bridgehead atoms. The van der Waals surface area contributed by atoms with E-state index in [0.29, 0.717) is 17.7 Å². The molecule has 0 aromatic rings. The van der Waals surface area contributed by atoms with E-state index in [1.165, 1.54) is 0 Å². The molecule has 2 heterocycles. The van der Waals surface area contributed by atoms with Gasteiger partial charge in [-0.3, -0.25) is 0 Å². The molecular weight excluding hydrogens is 202 g/mol. The second-order valence-electron chi connectivity index (χ2n) is 5.89. The maximum atomic E-state index is 9.87. The minimum Gasteiger partial charge on any atom is -0.495 e. The highest BCUT2D eigenvalue weighted by Crippen LogP contribution is 2.48. The number of hydrogen-bond acceptors (Lipinski definition) is 3. The summed E-state index contributed by atoms with van der Waals surface area (Å²) < 4.78 is 6.37. The van der Waals surface area contributed by atoms with Gasteiger partial charge in [0, 0.05) is 6.42 Å². The van der Waals surface area contributed by atoms with E-state index in [-0.39, 0.29) is 11.3 Å². The third-order valence-corrected chi connectivity index (χ3v) is 4.28. The lowest BCUT2D eigenvalue weighted by Gasteiger charge is -2.37. The molecule has 1 fully saturated rings. The summed E-state index contributed by atoms with van der Waals surface area (Å²) in [4.78, 5) is 2.01. The average Bonchev–Trinajstić information content (AvgIpc) is 2.62. The molecule has 2 aliphatic heterocycles. The Bertz CT molecular complexity index is 314. The summed E-state index contributed by atoms with van der Waals surface area (Å²) in [5, 5.41) is 9.87. The molecule has 1 N–H and O–H groups in total. The zero-order valence-corrected chi connectivity index (χ0v) is 10.9. The lowest BCUT2D eigenvalue weighted by molar-refractivity contribution is -0.153. The third kappa shape index (κ3) is 1.37. The van der Waals surface area contributed by atoms with Gasteiger partial charge in [0.05, 0.1) is 12.1 Å². The molecule has 0 aliphatic carbocycles. The summed E-state index contributed by atoms with van der Waals surface area (Å²) in [6.07, 6.45) is 2.63. The van der Waals surface area contributed by atoms with Crippen LogP contribution in [0.2, 0.25) is 0 Å². The standard InChI is InChI=1S/C13H23NO2/c1-9(2)13(10(3)4)8-14-11(15)6-7-12(14,5)16-13/h6,9-10,15H,7-8H2,1-5H3. The molecule has 0 aromatic heterocycles. The second-order valence-corrected chi connectivity index (χ2v) is 5.89. The minimum absolute atomic E-state index is 0.142. The van der Waals surface area contributed by atoms with Crippen LogP contribution in [0.3, 0.4) is 0 Å². The van der Waals surface area contributed by atoms with Crippen LogP contribution in [0, 0.1) is 11.8 Å². The van der Waals surface area contributed by atoms with E-state index in [1.54, 1.807) is 0 Å². The summed E-state index contributed by atoms with van der Waals surface area (Å²) >= 11 is 0. The molecule has 2 aliphatic rings. The van der Waals surface area contributed by atoms with Gasteiger partial charge in [0.25, 0.3) is 0 Å². The van der Waals surface area contributed by atoms with E-state index in [9.17, 15) is 5.11 Å².